The number of benzene rings is 2. The van der Waals surface area contributed by atoms with E-state index in [1.54, 1.807) is 24.1 Å². The summed E-state index contributed by atoms with van der Waals surface area (Å²) in [4.78, 5) is 28.2. The second-order valence-electron chi connectivity index (χ2n) is 6.27. The fourth-order valence-corrected chi connectivity index (χ4v) is 3.01. The third-order valence-corrected chi connectivity index (χ3v) is 4.53. The van der Waals surface area contributed by atoms with Crippen LogP contribution in [-0.2, 0) is 9.59 Å². The molecule has 2 amide bonds. The van der Waals surface area contributed by atoms with Crippen molar-refractivity contribution in [3.8, 4) is 5.75 Å². The first-order chi connectivity index (χ1) is 13.1. The summed E-state index contributed by atoms with van der Waals surface area (Å²) >= 11 is 0. The molecule has 142 valence electrons. The standard InChI is InChI=1S/C20H22FN3O3/c1-27-16-8-6-15(7-9-16)23-10-12-24(13-11-23)20(26)14-19(25)22-18-5-3-2-4-17(18)21/h2-9H,10-14H2,1H3,(H,22,25). The van der Waals surface area contributed by atoms with Crippen molar-refractivity contribution < 1.29 is 18.7 Å². The molecule has 0 atom stereocenters. The van der Waals surface area contributed by atoms with E-state index in [9.17, 15) is 14.0 Å². The van der Waals surface area contributed by atoms with Crippen LogP contribution in [0.3, 0.4) is 0 Å². The van der Waals surface area contributed by atoms with Gasteiger partial charge in [-0.15, -0.1) is 0 Å². The van der Waals surface area contributed by atoms with Gasteiger partial charge in [0.2, 0.25) is 11.8 Å². The maximum Gasteiger partial charge on any atom is 0.233 e. The molecule has 0 bridgehead atoms. The Bertz CT molecular complexity index is 802. The number of halogens is 1. The van der Waals surface area contributed by atoms with Gasteiger partial charge in [0.05, 0.1) is 12.8 Å². The van der Waals surface area contributed by atoms with E-state index in [0.717, 1.165) is 11.4 Å². The Kier molecular flexibility index (Phi) is 5.90. The first-order valence-corrected chi connectivity index (χ1v) is 8.78. The van der Waals surface area contributed by atoms with Crippen LogP contribution in [0.1, 0.15) is 6.42 Å². The molecule has 2 aromatic carbocycles. The topological polar surface area (TPSA) is 61.9 Å². The Morgan fingerprint density at radius 3 is 2.33 bits per heavy atom. The zero-order valence-corrected chi connectivity index (χ0v) is 15.2. The lowest BCUT2D eigenvalue weighted by Gasteiger charge is -2.36. The Balaban J connectivity index is 1.49. The van der Waals surface area contributed by atoms with Crippen LogP contribution in [0.2, 0.25) is 0 Å². The molecule has 0 aromatic heterocycles. The number of ether oxygens (including phenoxy) is 1. The van der Waals surface area contributed by atoms with Crippen molar-refractivity contribution in [2.75, 3.05) is 43.5 Å². The summed E-state index contributed by atoms with van der Waals surface area (Å²) in [5, 5.41) is 2.44. The molecule has 1 aliphatic heterocycles. The summed E-state index contributed by atoms with van der Waals surface area (Å²) in [6, 6.07) is 13.7. The van der Waals surface area contributed by atoms with Crippen molar-refractivity contribution in [1.29, 1.82) is 0 Å². The molecule has 6 nitrogen and oxygen atoms in total. The number of nitrogens with zero attached hydrogens (tertiary/aromatic N) is 2. The minimum atomic E-state index is -0.522. The van der Waals surface area contributed by atoms with Crippen molar-refractivity contribution >= 4 is 23.2 Å². The summed E-state index contributed by atoms with van der Waals surface area (Å²) in [6.45, 7) is 2.45. The van der Waals surface area contributed by atoms with Gasteiger partial charge in [-0.25, -0.2) is 4.39 Å². The number of para-hydroxylation sites is 1. The highest BCUT2D eigenvalue weighted by Gasteiger charge is 2.23. The van der Waals surface area contributed by atoms with Crippen LogP contribution < -0.4 is 15.0 Å². The smallest absolute Gasteiger partial charge is 0.233 e. The van der Waals surface area contributed by atoms with Gasteiger partial charge in [-0.3, -0.25) is 9.59 Å². The van der Waals surface area contributed by atoms with Gasteiger partial charge in [0, 0.05) is 31.9 Å². The van der Waals surface area contributed by atoms with Gasteiger partial charge in [0.1, 0.15) is 18.0 Å². The van der Waals surface area contributed by atoms with Gasteiger partial charge < -0.3 is 19.9 Å². The molecule has 0 aliphatic carbocycles. The Labute approximate surface area is 157 Å². The maximum absolute atomic E-state index is 13.6. The van der Waals surface area contributed by atoms with Crippen LogP contribution in [-0.4, -0.2) is 50.0 Å². The van der Waals surface area contributed by atoms with Crippen LogP contribution in [0.25, 0.3) is 0 Å². The predicted molar refractivity (Wildman–Crippen MR) is 101 cm³/mol. The third-order valence-electron chi connectivity index (χ3n) is 4.53. The number of nitrogens with one attached hydrogen (secondary N) is 1. The molecule has 0 radical (unpaired) electrons. The lowest BCUT2D eigenvalue weighted by atomic mass is 10.2. The van der Waals surface area contributed by atoms with E-state index in [1.807, 2.05) is 24.3 Å². The van der Waals surface area contributed by atoms with Crippen molar-refractivity contribution in [2.24, 2.45) is 0 Å². The second-order valence-corrected chi connectivity index (χ2v) is 6.27. The Morgan fingerprint density at radius 2 is 1.70 bits per heavy atom. The molecule has 0 unspecified atom stereocenters. The quantitative estimate of drug-likeness (QED) is 0.821. The summed E-state index contributed by atoms with van der Waals surface area (Å²) in [7, 11) is 1.63. The first kappa shape index (κ1) is 18.7. The predicted octanol–water partition coefficient (Wildman–Crippen LogP) is 2.51. The molecule has 27 heavy (non-hydrogen) atoms. The molecule has 7 heteroatoms. The number of carbonyl (C=O) groups excluding carboxylic acids is 2. The Hall–Kier alpha value is -3.09. The molecule has 2 aromatic rings. The molecule has 3 rings (SSSR count). The molecule has 1 heterocycles. The highest BCUT2D eigenvalue weighted by Crippen LogP contribution is 2.20. The van der Waals surface area contributed by atoms with Gasteiger partial charge in [0.15, 0.2) is 0 Å². The van der Waals surface area contributed by atoms with Gasteiger partial charge in [0.25, 0.3) is 0 Å². The largest absolute Gasteiger partial charge is 0.497 e. The van der Waals surface area contributed by atoms with E-state index < -0.39 is 11.7 Å². The summed E-state index contributed by atoms with van der Waals surface area (Å²) in [5.41, 5.74) is 1.15. The van der Waals surface area contributed by atoms with Crippen molar-refractivity contribution in [1.82, 2.24) is 4.90 Å². The van der Waals surface area contributed by atoms with Crippen LogP contribution in [0.4, 0.5) is 15.8 Å². The zero-order chi connectivity index (χ0) is 19.2. The highest BCUT2D eigenvalue weighted by atomic mass is 19.1. The SMILES string of the molecule is COc1ccc(N2CCN(C(=O)CC(=O)Nc3ccccc3F)CC2)cc1. The lowest BCUT2D eigenvalue weighted by Crippen LogP contribution is -2.49. The number of rotatable bonds is 5. The van der Waals surface area contributed by atoms with Crippen LogP contribution in [0.5, 0.6) is 5.75 Å². The molecule has 1 aliphatic rings. The molecular formula is C20H22FN3O3. The van der Waals surface area contributed by atoms with Gasteiger partial charge in [-0.2, -0.15) is 0 Å². The van der Waals surface area contributed by atoms with E-state index in [0.29, 0.717) is 26.2 Å². The first-order valence-electron chi connectivity index (χ1n) is 8.78. The number of methoxy groups -OCH3 is 1. The molecule has 1 fully saturated rings. The maximum atomic E-state index is 13.6. The average molecular weight is 371 g/mol. The van der Waals surface area contributed by atoms with Gasteiger partial charge in [-0.1, -0.05) is 12.1 Å². The third kappa shape index (κ3) is 4.75. The van der Waals surface area contributed by atoms with Crippen LogP contribution >= 0.6 is 0 Å². The van der Waals surface area contributed by atoms with E-state index >= 15 is 0 Å². The number of amides is 2. The van der Waals surface area contributed by atoms with Crippen molar-refractivity contribution in [3.05, 3.63) is 54.3 Å². The van der Waals surface area contributed by atoms with Gasteiger partial charge >= 0.3 is 0 Å². The van der Waals surface area contributed by atoms with E-state index in [-0.39, 0.29) is 18.0 Å². The van der Waals surface area contributed by atoms with Gasteiger partial charge in [-0.05, 0) is 36.4 Å². The molecule has 1 N–H and O–H groups in total. The highest BCUT2D eigenvalue weighted by molar-refractivity contribution is 6.03. The zero-order valence-electron chi connectivity index (χ0n) is 15.2. The molecule has 0 saturated carbocycles. The number of anilines is 2. The normalized spacial score (nSPS) is 14.0. The summed E-state index contributed by atoms with van der Waals surface area (Å²) in [6.07, 6.45) is -0.295. The summed E-state index contributed by atoms with van der Waals surface area (Å²) in [5.74, 6) is -0.485. The average Bonchev–Trinajstić information content (AvgIpc) is 2.70. The number of carbonyl (C=O) groups is 2. The fourth-order valence-electron chi connectivity index (χ4n) is 3.01. The molecule has 1 saturated heterocycles. The number of hydrogen-bond acceptors (Lipinski definition) is 4. The van der Waals surface area contributed by atoms with Crippen LogP contribution in [0, 0.1) is 5.82 Å². The molecule has 0 spiro atoms. The Morgan fingerprint density at radius 1 is 1.04 bits per heavy atom. The minimum Gasteiger partial charge on any atom is -0.497 e. The van der Waals surface area contributed by atoms with E-state index in [4.69, 9.17) is 4.74 Å². The second kappa shape index (κ2) is 8.53. The summed E-state index contributed by atoms with van der Waals surface area (Å²) < 4.78 is 18.7. The number of hydrogen-bond donors (Lipinski definition) is 1. The minimum absolute atomic E-state index is 0.0830. The lowest BCUT2D eigenvalue weighted by molar-refractivity contribution is -0.134. The monoisotopic (exact) mass is 371 g/mol. The fraction of sp³-hybridized carbons (Fsp3) is 0.300. The van der Waals surface area contributed by atoms with E-state index in [1.165, 1.54) is 12.1 Å². The van der Waals surface area contributed by atoms with Crippen molar-refractivity contribution in [3.63, 3.8) is 0 Å². The van der Waals surface area contributed by atoms with Crippen LogP contribution in [0.15, 0.2) is 48.5 Å². The number of piperazine rings is 1. The molecular weight excluding hydrogens is 349 g/mol. The van der Waals surface area contributed by atoms with E-state index in [2.05, 4.69) is 10.2 Å². The van der Waals surface area contributed by atoms with Crippen molar-refractivity contribution in [2.45, 2.75) is 6.42 Å².